The third kappa shape index (κ3) is 3.12. The van der Waals surface area contributed by atoms with E-state index in [2.05, 4.69) is 30.8 Å². The molecule has 0 spiro atoms. The number of carbonyl (C=O) groups excluding carboxylic acids is 1. The Bertz CT molecular complexity index is 915. The standard InChI is InChI=1S/C19H18BrN3O/c1-12-6-5-9-21-18(12)22-19(24)17-10-13(2)23(14(17)3)16-8-4-7-15(20)11-16/h4-11H,1-3H3,(H,21,22,24). The number of rotatable bonds is 3. The van der Waals surface area contributed by atoms with Crippen LogP contribution in [0, 0.1) is 20.8 Å². The summed E-state index contributed by atoms with van der Waals surface area (Å²) < 4.78 is 3.08. The number of pyridine rings is 1. The number of anilines is 1. The average molecular weight is 384 g/mol. The van der Waals surface area contributed by atoms with E-state index in [1.54, 1.807) is 6.20 Å². The van der Waals surface area contributed by atoms with Crippen LogP contribution in [0.2, 0.25) is 0 Å². The highest BCUT2D eigenvalue weighted by Gasteiger charge is 2.17. The lowest BCUT2D eigenvalue weighted by molar-refractivity contribution is 0.102. The largest absolute Gasteiger partial charge is 0.318 e. The Labute approximate surface area is 149 Å². The van der Waals surface area contributed by atoms with Crippen molar-refractivity contribution in [2.45, 2.75) is 20.8 Å². The number of carbonyl (C=O) groups is 1. The van der Waals surface area contributed by atoms with Gasteiger partial charge in [-0.05, 0) is 56.7 Å². The first kappa shape index (κ1) is 16.5. The third-order valence-corrected chi connectivity index (χ3v) is 4.48. The molecule has 0 fully saturated rings. The molecule has 0 aliphatic rings. The third-order valence-electron chi connectivity index (χ3n) is 3.98. The Morgan fingerprint density at radius 2 is 1.92 bits per heavy atom. The van der Waals surface area contributed by atoms with Crippen molar-refractivity contribution in [1.82, 2.24) is 9.55 Å². The summed E-state index contributed by atoms with van der Waals surface area (Å²) in [6.45, 7) is 5.87. The highest BCUT2D eigenvalue weighted by molar-refractivity contribution is 9.10. The second-order valence-electron chi connectivity index (χ2n) is 5.72. The van der Waals surface area contributed by atoms with Gasteiger partial charge < -0.3 is 9.88 Å². The zero-order valence-electron chi connectivity index (χ0n) is 13.8. The second kappa shape index (κ2) is 6.61. The average Bonchev–Trinajstić information content (AvgIpc) is 2.84. The van der Waals surface area contributed by atoms with Gasteiger partial charge in [-0.2, -0.15) is 0 Å². The SMILES string of the molecule is Cc1cccnc1NC(=O)c1cc(C)n(-c2cccc(Br)c2)c1C. The molecule has 0 aliphatic heterocycles. The number of nitrogens with one attached hydrogen (secondary N) is 1. The van der Waals surface area contributed by atoms with Crippen LogP contribution >= 0.6 is 15.9 Å². The fourth-order valence-corrected chi connectivity index (χ4v) is 3.18. The van der Waals surface area contributed by atoms with Crippen molar-refractivity contribution in [2.24, 2.45) is 0 Å². The molecule has 1 N–H and O–H groups in total. The highest BCUT2D eigenvalue weighted by Crippen LogP contribution is 2.24. The van der Waals surface area contributed by atoms with Crippen LogP contribution in [0.3, 0.4) is 0 Å². The lowest BCUT2D eigenvalue weighted by Gasteiger charge is -2.11. The quantitative estimate of drug-likeness (QED) is 0.704. The molecule has 0 radical (unpaired) electrons. The van der Waals surface area contributed by atoms with Gasteiger partial charge in [-0.3, -0.25) is 4.79 Å². The number of nitrogens with zero attached hydrogens (tertiary/aromatic N) is 2. The Morgan fingerprint density at radius 1 is 1.12 bits per heavy atom. The van der Waals surface area contributed by atoms with Crippen molar-refractivity contribution >= 4 is 27.7 Å². The van der Waals surface area contributed by atoms with E-state index in [1.165, 1.54) is 0 Å². The monoisotopic (exact) mass is 383 g/mol. The number of aryl methyl sites for hydroxylation is 2. The summed E-state index contributed by atoms with van der Waals surface area (Å²) in [5.74, 6) is 0.445. The molecule has 2 aromatic heterocycles. The summed E-state index contributed by atoms with van der Waals surface area (Å²) >= 11 is 3.50. The summed E-state index contributed by atoms with van der Waals surface area (Å²) in [7, 11) is 0. The second-order valence-corrected chi connectivity index (χ2v) is 6.64. The molecule has 3 aromatic rings. The van der Waals surface area contributed by atoms with Gasteiger partial charge in [0.2, 0.25) is 0 Å². The van der Waals surface area contributed by atoms with Crippen molar-refractivity contribution < 1.29 is 4.79 Å². The first-order valence-corrected chi connectivity index (χ1v) is 8.44. The van der Waals surface area contributed by atoms with Crippen molar-refractivity contribution in [3.63, 3.8) is 0 Å². The number of benzene rings is 1. The van der Waals surface area contributed by atoms with Crippen molar-refractivity contribution in [3.8, 4) is 5.69 Å². The van der Waals surface area contributed by atoms with Gasteiger partial charge in [0.1, 0.15) is 5.82 Å². The number of hydrogen-bond acceptors (Lipinski definition) is 2. The first-order valence-electron chi connectivity index (χ1n) is 7.65. The Kier molecular flexibility index (Phi) is 4.53. The lowest BCUT2D eigenvalue weighted by Crippen LogP contribution is -2.14. The molecule has 122 valence electrons. The zero-order chi connectivity index (χ0) is 17.3. The predicted molar refractivity (Wildman–Crippen MR) is 99.9 cm³/mol. The summed E-state index contributed by atoms with van der Waals surface area (Å²) in [6.07, 6.45) is 1.67. The fraction of sp³-hybridized carbons (Fsp3) is 0.158. The molecule has 0 saturated heterocycles. The van der Waals surface area contributed by atoms with E-state index in [4.69, 9.17) is 0 Å². The van der Waals surface area contributed by atoms with Crippen LogP contribution in [0.4, 0.5) is 5.82 Å². The zero-order valence-corrected chi connectivity index (χ0v) is 15.4. The van der Waals surface area contributed by atoms with Gasteiger partial charge in [-0.15, -0.1) is 0 Å². The summed E-state index contributed by atoms with van der Waals surface area (Å²) in [5.41, 5.74) is 4.52. The van der Waals surface area contributed by atoms with Gasteiger partial charge in [-0.25, -0.2) is 4.98 Å². The number of aromatic nitrogens is 2. The van der Waals surface area contributed by atoms with Gasteiger partial charge in [-0.1, -0.05) is 28.1 Å². The minimum absolute atomic E-state index is 0.147. The fourth-order valence-electron chi connectivity index (χ4n) is 2.80. The van der Waals surface area contributed by atoms with E-state index in [9.17, 15) is 4.79 Å². The predicted octanol–water partition coefficient (Wildman–Crippen LogP) is 4.81. The van der Waals surface area contributed by atoms with E-state index in [0.717, 1.165) is 27.1 Å². The molecule has 0 aliphatic carbocycles. The lowest BCUT2D eigenvalue weighted by atomic mass is 10.2. The molecule has 5 heteroatoms. The number of hydrogen-bond donors (Lipinski definition) is 1. The van der Waals surface area contributed by atoms with Crippen LogP contribution < -0.4 is 5.32 Å². The van der Waals surface area contributed by atoms with E-state index < -0.39 is 0 Å². The molecule has 0 saturated carbocycles. The first-order chi connectivity index (χ1) is 11.5. The van der Waals surface area contributed by atoms with Gasteiger partial charge >= 0.3 is 0 Å². The summed E-state index contributed by atoms with van der Waals surface area (Å²) in [6, 6.07) is 13.7. The number of amides is 1. The van der Waals surface area contributed by atoms with Crippen molar-refractivity contribution in [3.05, 3.63) is 75.6 Å². The maximum atomic E-state index is 12.7. The van der Waals surface area contributed by atoms with Gasteiger partial charge in [0, 0.05) is 27.7 Å². The molecular weight excluding hydrogens is 366 g/mol. The van der Waals surface area contributed by atoms with Crippen molar-refractivity contribution in [2.75, 3.05) is 5.32 Å². The molecule has 1 amide bonds. The highest BCUT2D eigenvalue weighted by atomic mass is 79.9. The van der Waals surface area contributed by atoms with Gasteiger partial charge in [0.05, 0.1) is 5.56 Å². The van der Waals surface area contributed by atoms with Gasteiger partial charge in [0.25, 0.3) is 5.91 Å². The van der Waals surface area contributed by atoms with Gasteiger partial charge in [0.15, 0.2) is 0 Å². The Balaban J connectivity index is 1.97. The molecule has 24 heavy (non-hydrogen) atoms. The van der Waals surface area contributed by atoms with Crippen LogP contribution in [0.25, 0.3) is 5.69 Å². The van der Waals surface area contributed by atoms with Crippen LogP contribution in [0.1, 0.15) is 27.3 Å². The van der Waals surface area contributed by atoms with Crippen LogP contribution in [-0.2, 0) is 0 Å². The summed E-state index contributed by atoms with van der Waals surface area (Å²) in [5, 5.41) is 2.90. The van der Waals surface area contributed by atoms with E-state index in [0.29, 0.717) is 11.4 Å². The maximum absolute atomic E-state index is 12.7. The van der Waals surface area contributed by atoms with Crippen LogP contribution in [-0.4, -0.2) is 15.5 Å². The van der Waals surface area contributed by atoms with E-state index >= 15 is 0 Å². The minimum atomic E-state index is -0.147. The molecule has 3 rings (SSSR count). The topological polar surface area (TPSA) is 46.9 Å². The normalized spacial score (nSPS) is 10.7. The molecule has 0 atom stereocenters. The minimum Gasteiger partial charge on any atom is -0.318 e. The van der Waals surface area contributed by atoms with Crippen LogP contribution in [0.15, 0.2) is 53.1 Å². The molecule has 0 unspecified atom stereocenters. The Hall–Kier alpha value is -2.40. The maximum Gasteiger partial charge on any atom is 0.258 e. The number of halogens is 1. The van der Waals surface area contributed by atoms with E-state index in [1.807, 2.05) is 63.2 Å². The smallest absolute Gasteiger partial charge is 0.258 e. The van der Waals surface area contributed by atoms with Crippen molar-refractivity contribution in [1.29, 1.82) is 0 Å². The molecule has 4 nitrogen and oxygen atoms in total. The molecule has 2 heterocycles. The Morgan fingerprint density at radius 3 is 2.62 bits per heavy atom. The molecular formula is C19H18BrN3O. The van der Waals surface area contributed by atoms with E-state index in [-0.39, 0.29) is 5.91 Å². The van der Waals surface area contributed by atoms with Crippen LogP contribution in [0.5, 0.6) is 0 Å². The molecule has 0 bridgehead atoms. The molecule has 1 aromatic carbocycles. The summed E-state index contributed by atoms with van der Waals surface area (Å²) in [4.78, 5) is 16.9.